The van der Waals surface area contributed by atoms with Crippen molar-refractivity contribution < 1.29 is 14.0 Å². The Labute approximate surface area is 151 Å². The van der Waals surface area contributed by atoms with E-state index in [4.69, 9.17) is 17.3 Å². The minimum atomic E-state index is -0.618. The molecule has 1 aromatic rings. The Bertz CT molecular complexity index is 662. The van der Waals surface area contributed by atoms with Crippen molar-refractivity contribution in [1.82, 2.24) is 9.80 Å². The summed E-state index contributed by atoms with van der Waals surface area (Å²) in [6, 6.07) is 4.05. The molecule has 1 heterocycles. The van der Waals surface area contributed by atoms with Gasteiger partial charge in [0, 0.05) is 37.1 Å². The van der Waals surface area contributed by atoms with Crippen LogP contribution in [0, 0.1) is 17.7 Å². The second-order valence-electron chi connectivity index (χ2n) is 6.77. The molecule has 0 aromatic heterocycles. The van der Waals surface area contributed by atoms with E-state index in [2.05, 4.69) is 0 Å². The molecule has 2 N–H and O–H groups in total. The lowest BCUT2D eigenvalue weighted by atomic mass is 9.94. The maximum Gasteiger partial charge on any atom is 0.256 e. The SMILES string of the molecule is NC[C@H]1CCC[C@H]1C(=O)N1CCN(C(=O)c2ccc(Cl)cc2F)CC1. The van der Waals surface area contributed by atoms with Gasteiger partial charge in [-0.05, 0) is 43.5 Å². The molecule has 2 fully saturated rings. The second-order valence-corrected chi connectivity index (χ2v) is 7.21. The fourth-order valence-corrected chi connectivity index (χ4v) is 4.00. The fourth-order valence-electron chi connectivity index (χ4n) is 3.84. The van der Waals surface area contributed by atoms with Gasteiger partial charge in [-0.25, -0.2) is 4.39 Å². The molecule has 1 aromatic carbocycles. The van der Waals surface area contributed by atoms with E-state index in [0.717, 1.165) is 25.3 Å². The van der Waals surface area contributed by atoms with E-state index in [-0.39, 0.29) is 34.2 Å². The van der Waals surface area contributed by atoms with Crippen molar-refractivity contribution in [1.29, 1.82) is 0 Å². The third kappa shape index (κ3) is 3.80. The molecule has 2 aliphatic rings. The number of piperazine rings is 1. The van der Waals surface area contributed by atoms with Gasteiger partial charge >= 0.3 is 0 Å². The monoisotopic (exact) mass is 367 g/mol. The Kier molecular flexibility index (Phi) is 5.59. The highest BCUT2D eigenvalue weighted by Crippen LogP contribution is 2.32. The zero-order chi connectivity index (χ0) is 18.0. The van der Waals surface area contributed by atoms with E-state index in [9.17, 15) is 14.0 Å². The number of amides is 2. The summed E-state index contributed by atoms with van der Waals surface area (Å²) >= 11 is 5.73. The normalized spacial score (nSPS) is 23.8. The van der Waals surface area contributed by atoms with Crippen LogP contribution < -0.4 is 5.73 Å². The zero-order valence-corrected chi connectivity index (χ0v) is 14.8. The van der Waals surface area contributed by atoms with Crippen molar-refractivity contribution >= 4 is 23.4 Å². The zero-order valence-electron chi connectivity index (χ0n) is 14.1. The lowest BCUT2D eigenvalue weighted by Crippen LogP contribution is -2.52. The molecule has 0 bridgehead atoms. The van der Waals surface area contributed by atoms with Crippen LogP contribution in [0.5, 0.6) is 0 Å². The standard InChI is InChI=1S/C18H23ClFN3O2/c19-13-4-5-15(16(20)10-13)18(25)23-8-6-22(7-9-23)17(24)14-3-1-2-12(14)11-21/h4-5,10,12,14H,1-3,6-9,11,21H2/t12-,14-/m1/s1. The first-order valence-corrected chi connectivity index (χ1v) is 9.12. The summed E-state index contributed by atoms with van der Waals surface area (Å²) in [4.78, 5) is 28.6. The Morgan fingerprint density at radius 3 is 2.48 bits per heavy atom. The summed E-state index contributed by atoms with van der Waals surface area (Å²) in [6.45, 7) is 2.32. The van der Waals surface area contributed by atoms with Crippen LogP contribution in [0.3, 0.4) is 0 Å². The quantitative estimate of drug-likeness (QED) is 0.890. The Balaban J connectivity index is 1.60. The number of carbonyl (C=O) groups excluding carboxylic acids is 2. The van der Waals surface area contributed by atoms with Crippen molar-refractivity contribution in [3.8, 4) is 0 Å². The maximum absolute atomic E-state index is 13.9. The molecule has 136 valence electrons. The molecule has 0 spiro atoms. The smallest absolute Gasteiger partial charge is 0.256 e. The molecule has 2 atom stereocenters. The van der Waals surface area contributed by atoms with Crippen LogP contribution in [-0.4, -0.2) is 54.3 Å². The molecular formula is C18H23ClFN3O2. The van der Waals surface area contributed by atoms with Crippen molar-refractivity contribution in [3.05, 3.63) is 34.6 Å². The van der Waals surface area contributed by atoms with Crippen LogP contribution in [0.4, 0.5) is 4.39 Å². The molecule has 0 radical (unpaired) electrons. The third-order valence-electron chi connectivity index (χ3n) is 5.32. The predicted octanol–water partition coefficient (Wildman–Crippen LogP) is 2.14. The van der Waals surface area contributed by atoms with Gasteiger partial charge in [0.2, 0.25) is 5.91 Å². The van der Waals surface area contributed by atoms with E-state index in [1.807, 2.05) is 4.90 Å². The maximum atomic E-state index is 13.9. The highest BCUT2D eigenvalue weighted by Gasteiger charge is 2.36. The molecule has 1 aliphatic carbocycles. The number of hydrogen-bond donors (Lipinski definition) is 1. The Morgan fingerprint density at radius 2 is 1.84 bits per heavy atom. The molecule has 1 saturated heterocycles. The fraction of sp³-hybridized carbons (Fsp3) is 0.556. The van der Waals surface area contributed by atoms with Gasteiger partial charge in [0.15, 0.2) is 0 Å². The van der Waals surface area contributed by atoms with Gasteiger partial charge in [-0.1, -0.05) is 18.0 Å². The number of halogens is 2. The molecule has 25 heavy (non-hydrogen) atoms. The molecule has 1 saturated carbocycles. The molecule has 2 amide bonds. The lowest BCUT2D eigenvalue weighted by Gasteiger charge is -2.36. The molecule has 1 aliphatic heterocycles. The van der Waals surface area contributed by atoms with E-state index < -0.39 is 5.82 Å². The summed E-state index contributed by atoms with van der Waals surface area (Å²) in [6.07, 6.45) is 2.96. The van der Waals surface area contributed by atoms with Gasteiger partial charge in [-0.2, -0.15) is 0 Å². The molecule has 0 unspecified atom stereocenters. The van der Waals surface area contributed by atoms with Crippen LogP contribution in [0.25, 0.3) is 0 Å². The van der Waals surface area contributed by atoms with Crippen LogP contribution in [0.1, 0.15) is 29.6 Å². The summed E-state index contributed by atoms with van der Waals surface area (Å²) in [5.74, 6) is -0.538. The predicted molar refractivity (Wildman–Crippen MR) is 93.8 cm³/mol. The van der Waals surface area contributed by atoms with Gasteiger partial charge < -0.3 is 15.5 Å². The lowest BCUT2D eigenvalue weighted by molar-refractivity contribution is -0.138. The van der Waals surface area contributed by atoms with Crippen LogP contribution in [0.2, 0.25) is 5.02 Å². The Hall–Kier alpha value is -1.66. The number of nitrogens with two attached hydrogens (primary N) is 1. The van der Waals surface area contributed by atoms with Crippen molar-refractivity contribution in [3.63, 3.8) is 0 Å². The number of rotatable bonds is 3. The first kappa shape index (κ1) is 18.1. The molecule has 3 rings (SSSR count). The van der Waals surface area contributed by atoms with E-state index in [1.165, 1.54) is 12.1 Å². The van der Waals surface area contributed by atoms with Crippen molar-refractivity contribution in [2.45, 2.75) is 19.3 Å². The minimum absolute atomic E-state index is 0.0148. The van der Waals surface area contributed by atoms with Crippen LogP contribution >= 0.6 is 11.6 Å². The largest absolute Gasteiger partial charge is 0.339 e. The summed E-state index contributed by atoms with van der Waals surface area (Å²) in [7, 11) is 0. The van der Waals surface area contributed by atoms with E-state index >= 15 is 0 Å². The van der Waals surface area contributed by atoms with Gasteiger partial charge in [-0.3, -0.25) is 9.59 Å². The number of hydrogen-bond acceptors (Lipinski definition) is 3. The van der Waals surface area contributed by atoms with E-state index in [0.29, 0.717) is 32.7 Å². The summed E-state index contributed by atoms with van der Waals surface area (Å²) in [5.41, 5.74) is 5.79. The first-order valence-electron chi connectivity index (χ1n) is 8.74. The van der Waals surface area contributed by atoms with Crippen LogP contribution in [-0.2, 0) is 4.79 Å². The Morgan fingerprint density at radius 1 is 1.16 bits per heavy atom. The van der Waals surface area contributed by atoms with Gasteiger partial charge in [0.1, 0.15) is 5.82 Å². The van der Waals surface area contributed by atoms with Gasteiger partial charge in [0.05, 0.1) is 5.56 Å². The highest BCUT2D eigenvalue weighted by molar-refractivity contribution is 6.30. The average Bonchev–Trinajstić information content (AvgIpc) is 3.09. The van der Waals surface area contributed by atoms with Crippen molar-refractivity contribution in [2.24, 2.45) is 17.6 Å². The molecular weight excluding hydrogens is 345 g/mol. The van der Waals surface area contributed by atoms with Crippen LogP contribution in [0.15, 0.2) is 18.2 Å². The summed E-state index contributed by atoms with van der Waals surface area (Å²) < 4.78 is 13.9. The highest BCUT2D eigenvalue weighted by atomic mass is 35.5. The third-order valence-corrected chi connectivity index (χ3v) is 5.55. The molecule has 7 heteroatoms. The van der Waals surface area contributed by atoms with Gasteiger partial charge in [-0.15, -0.1) is 0 Å². The van der Waals surface area contributed by atoms with Gasteiger partial charge in [0.25, 0.3) is 5.91 Å². The summed E-state index contributed by atoms with van der Waals surface area (Å²) in [5, 5.41) is 0.260. The first-order chi connectivity index (χ1) is 12.0. The number of carbonyl (C=O) groups is 2. The second kappa shape index (κ2) is 7.70. The number of nitrogens with zero attached hydrogens (tertiary/aromatic N) is 2. The topological polar surface area (TPSA) is 66.6 Å². The molecule has 5 nitrogen and oxygen atoms in total. The minimum Gasteiger partial charge on any atom is -0.339 e. The van der Waals surface area contributed by atoms with E-state index in [1.54, 1.807) is 4.90 Å². The van der Waals surface area contributed by atoms with Crippen molar-refractivity contribution in [2.75, 3.05) is 32.7 Å². The average molecular weight is 368 g/mol. The number of benzene rings is 1.